The number of nitrogens with zero attached hydrogens (tertiary/aromatic N) is 4. The van der Waals surface area contributed by atoms with Gasteiger partial charge in [-0.2, -0.15) is 5.10 Å². The zero-order chi connectivity index (χ0) is 10.8. The third-order valence-corrected chi connectivity index (χ3v) is 2.28. The van der Waals surface area contributed by atoms with Crippen LogP contribution >= 0.6 is 11.6 Å². The standard InChI is InChI=1S/C10H11ClN4/c1-3-15-9(4-5-12-15)8-6-10(11)14-7(2)13-8/h4-6H,3H2,1-2H3. The zero-order valence-corrected chi connectivity index (χ0v) is 9.36. The highest BCUT2D eigenvalue weighted by Gasteiger charge is 2.07. The summed E-state index contributed by atoms with van der Waals surface area (Å²) in [4.78, 5) is 8.35. The van der Waals surface area contributed by atoms with Crippen molar-refractivity contribution in [2.75, 3.05) is 0 Å². The van der Waals surface area contributed by atoms with Crippen LogP contribution in [0, 0.1) is 6.92 Å². The summed E-state index contributed by atoms with van der Waals surface area (Å²) in [6, 6.07) is 3.67. The maximum absolute atomic E-state index is 5.88. The number of rotatable bonds is 2. The molecule has 0 aromatic carbocycles. The fourth-order valence-electron chi connectivity index (χ4n) is 1.46. The van der Waals surface area contributed by atoms with Crippen LogP contribution in [0.15, 0.2) is 18.3 Å². The van der Waals surface area contributed by atoms with Gasteiger partial charge in [0, 0.05) is 18.8 Å². The van der Waals surface area contributed by atoms with E-state index in [9.17, 15) is 0 Å². The third kappa shape index (κ3) is 1.99. The Bertz CT molecular complexity index is 458. The van der Waals surface area contributed by atoms with E-state index in [1.165, 1.54) is 0 Å². The first-order valence-corrected chi connectivity index (χ1v) is 5.12. The smallest absolute Gasteiger partial charge is 0.133 e. The Morgan fingerprint density at radius 3 is 2.87 bits per heavy atom. The lowest BCUT2D eigenvalue weighted by Crippen LogP contribution is -2.01. The van der Waals surface area contributed by atoms with Gasteiger partial charge in [-0.25, -0.2) is 9.97 Å². The predicted molar refractivity (Wildman–Crippen MR) is 58.7 cm³/mol. The molecule has 0 amide bonds. The van der Waals surface area contributed by atoms with E-state index in [0.717, 1.165) is 17.9 Å². The monoisotopic (exact) mass is 222 g/mol. The van der Waals surface area contributed by atoms with Crippen LogP contribution in [0.1, 0.15) is 12.7 Å². The van der Waals surface area contributed by atoms with Crippen molar-refractivity contribution < 1.29 is 0 Å². The molecule has 0 aliphatic carbocycles. The van der Waals surface area contributed by atoms with Crippen LogP contribution in [0.3, 0.4) is 0 Å². The second-order valence-corrected chi connectivity index (χ2v) is 3.54. The fourth-order valence-corrected chi connectivity index (χ4v) is 1.69. The first-order valence-electron chi connectivity index (χ1n) is 4.74. The molecular weight excluding hydrogens is 212 g/mol. The summed E-state index contributed by atoms with van der Waals surface area (Å²) in [6.45, 7) is 4.66. The van der Waals surface area contributed by atoms with Gasteiger partial charge in [0.25, 0.3) is 0 Å². The van der Waals surface area contributed by atoms with Crippen LogP contribution in [0.4, 0.5) is 0 Å². The summed E-state index contributed by atoms with van der Waals surface area (Å²) in [5, 5.41) is 4.64. The topological polar surface area (TPSA) is 43.6 Å². The average molecular weight is 223 g/mol. The summed E-state index contributed by atoms with van der Waals surface area (Å²) in [5.74, 6) is 0.668. The number of aromatic nitrogens is 4. The molecule has 78 valence electrons. The van der Waals surface area contributed by atoms with Crippen LogP contribution in [-0.2, 0) is 6.54 Å². The van der Waals surface area contributed by atoms with Gasteiger partial charge in [0.2, 0.25) is 0 Å². The second kappa shape index (κ2) is 3.98. The summed E-state index contributed by atoms with van der Waals surface area (Å²) < 4.78 is 1.87. The lowest BCUT2D eigenvalue weighted by molar-refractivity contribution is 0.665. The van der Waals surface area contributed by atoms with E-state index >= 15 is 0 Å². The Kier molecular flexibility index (Phi) is 2.68. The minimum atomic E-state index is 0.460. The molecule has 0 atom stereocenters. The molecule has 15 heavy (non-hydrogen) atoms. The van der Waals surface area contributed by atoms with Gasteiger partial charge < -0.3 is 0 Å². The molecule has 2 aromatic rings. The molecule has 4 nitrogen and oxygen atoms in total. The molecule has 0 radical (unpaired) electrons. The van der Waals surface area contributed by atoms with Gasteiger partial charge in [-0.05, 0) is 19.9 Å². The van der Waals surface area contributed by atoms with Gasteiger partial charge in [-0.3, -0.25) is 4.68 Å². The molecule has 0 bridgehead atoms. The first kappa shape index (κ1) is 10.1. The predicted octanol–water partition coefficient (Wildman–Crippen LogP) is 2.32. The summed E-state index contributed by atoms with van der Waals surface area (Å²) >= 11 is 5.88. The molecule has 2 aromatic heterocycles. The Balaban J connectivity index is 2.53. The lowest BCUT2D eigenvalue weighted by Gasteiger charge is -2.04. The number of hydrogen-bond acceptors (Lipinski definition) is 3. The van der Waals surface area contributed by atoms with E-state index in [0.29, 0.717) is 11.0 Å². The fraction of sp³-hybridized carbons (Fsp3) is 0.300. The van der Waals surface area contributed by atoms with Crippen LogP contribution in [0.25, 0.3) is 11.4 Å². The molecule has 0 aliphatic heterocycles. The van der Waals surface area contributed by atoms with Crippen molar-refractivity contribution in [1.29, 1.82) is 0 Å². The first-order chi connectivity index (χ1) is 7.20. The van der Waals surface area contributed by atoms with Crippen molar-refractivity contribution >= 4 is 11.6 Å². The van der Waals surface area contributed by atoms with E-state index < -0.39 is 0 Å². The Morgan fingerprint density at radius 1 is 1.40 bits per heavy atom. The maximum Gasteiger partial charge on any atom is 0.133 e. The minimum Gasteiger partial charge on any atom is -0.264 e. The zero-order valence-electron chi connectivity index (χ0n) is 8.61. The van der Waals surface area contributed by atoms with Gasteiger partial charge >= 0.3 is 0 Å². The average Bonchev–Trinajstić information content (AvgIpc) is 2.63. The number of hydrogen-bond donors (Lipinski definition) is 0. The minimum absolute atomic E-state index is 0.460. The summed E-state index contributed by atoms with van der Waals surface area (Å²) in [6.07, 6.45) is 1.75. The molecule has 0 spiro atoms. The Morgan fingerprint density at radius 2 is 2.20 bits per heavy atom. The Labute approximate surface area is 92.9 Å². The lowest BCUT2D eigenvalue weighted by atomic mass is 10.3. The molecule has 2 rings (SSSR count). The van der Waals surface area contributed by atoms with Crippen molar-refractivity contribution in [2.24, 2.45) is 0 Å². The molecule has 0 N–H and O–H groups in total. The summed E-state index contributed by atoms with van der Waals surface area (Å²) in [5.41, 5.74) is 1.77. The van der Waals surface area contributed by atoms with Crippen LogP contribution < -0.4 is 0 Å². The largest absolute Gasteiger partial charge is 0.264 e. The normalized spacial score (nSPS) is 10.6. The van der Waals surface area contributed by atoms with E-state index in [1.807, 2.05) is 24.6 Å². The van der Waals surface area contributed by atoms with Crippen LogP contribution in [0.5, 0.6) is 0 Å². The van der Waals surface area contributed by atoms with Crippen LogP contribution in [0.2, 0.25) is 5.15 Å². The van der Waals surface area contributed by atoms with E-state index in [-0.39, 0.29) is 0 Å². The van der Waals surface area contributed by atoms with E-state index in [4.69, 9.17) is 11.6 Å². The second-order valence-electron chi connectivity index (χ2n) is 3.16. The molecule has 5 heteroatoms. The highest BCUT2D eigenvalue weighted by Crippen LogP contribution is 2.19. The van der Waals surface area contributed by atoms with Crippen LogP contribution in [-0.4, -0.2) is 19.7 Å². The van der Waals surface area contributed by atoms with E-state index in [2.05, 4.69) is 15.1 Å². The van der Waals surface area contributed by atoms with Gasteiger partial charge in [-0.1, -0.05) is 11.6 Å². The SMILES string of the molecule is CCn1nccc1-c1cc(Cl)nc(C)n1. The van der Waals surface area contributed by atoms with Crippen molar-refractivity contribution in [2.45, 2.75) is 20.4 Å². The van der Waals surface area contributed by atoms with Gasteiger partial charge in [0.05, 0.1) is 11.4 Å². The molecule has 0 aliphatic rings. The highest BCUT2D eigenvalue weighted by atomic mass is 35.5. The van der Waals surface area contributed by atoms with Crippen molar-refractivity contribution in [3.63, 3.8) is 0 Å². The molecule has 0 unspecified atom stereocenters. The van der Waals surface area contributed by atoms with Gasteiger partial charge in [0.1, 0.15) is 11.0 Å². The quantitative estimate of drug-likeness (QED) is 0.733. The highest BCUT2D eigenvalue weighted by molar-refractivity contribution is 6.29. The summed E-state index contributed by atoms with van der Waals surface area (Å²) in [7, 11) is 0. The number of aryl methyl sites for hydroxylation is 2. The molecule has 0 fully saturated rings. The maximum atomic E-state index is 5.88. The van der Waals surface area contributed by atoms with Crippen molar-refractivity contribution in [3.8, 4) is 11.4 Å². The molecule has 0 saturated carbocycles. The molecule has 2 heterocycles. The third-order valence-electron chi connectivity index (χ3n) is 2.09. The molecular formula is C10H11ClN4. The van der Waals surface area contributed by atoms with E-state index in [1.54, 1.807) is 12.3 Å². The van der Waals surface area contributed by atoms with Crippen molar-refractivity contribution in [1.82, 2.24) is 19.7 Å². The number of halogens is 1. The van der Waals surface area contributed by atoms with Gasteiger partial charge in [-0.15, -0.1) is 0 Å². The Hall–Kier alpha value is -1.42. The molecule has 0 saturated heterocycles. The van der Waals surface area contributed by atoms with Crippen molar-refractivity contribution in [3.05, 3.63) is 29.3 Å². The van der Waals surface area contributed by atoms with Gasteiger partial charge in [0.15, 0.2) is 0 Å².